The van der Waals surface area contributed by atoms with E-state index in [1.54, 1.807) is 7.11 Å². The maximum atomic E-state index is 10.5. The molecule has 3 rings (SSSR count). The third kappa shape index (κ3) is 4.78. The zero-order chi connectivity index (χ0) is 20.1. The minimum atomic E-state index is -0.503. The summed E-state index contributed by atoms with van der Waals surface area (Å²) in [7, 11) is 1.71. The van der Waals surface area contributed by atoms with E-state index in [0.717, 1.165) is 54.5 Å². The van der Waals surface area contributed by atoms with E-state index < -0.39 is 6.10 Å². The van der Waals surface area contributed by atoms with Gasteiger partial charge in [0.2, 0.25) is 0 Å². The van der Waals surface area contributed by atoms with Gasteiger partial charge in [0.05, 0.1) is 12.8 Å². The molecule has 0 radical (unpaired) electrons. The number of ether oxygens (including phenoxy) is 2. The van der Waals surface area contributed by atoms with Crippen LogP contribution in [0.3, 0.4) is 0 Å². The van der Waals surface area contributed by atoms with Crippen molar-refractivity contribution in [3.8, 4) is 11.5 Å². The molecule has 0 aromatic heterocycles. The number of anilines is 1. The zero-order valence-electron chi connectivity index (χ0n) is 17.4. The fourth-order valence-corrected chi connectivity index (χ4v) is 3.74. The van der Waals surface area contributed by atoms with Crippen molar-refractivity contribution in [2.75, 3.05) is 51.3 Å². The summed E-state index contributed by atoms with van der Waals surface area (Å²) < 4.78 is 11.4. The molecule has 0 aliphatic carbocycles. The second-order valence-electron chi connectivity index (χ2n) is 7.58. The van der Waals surface area contributed by atoms with Crippen molar-refractivity contribution in [2.24, 2.45) is 0 Å². The van der Waals surface area contributed by atoms with Crippen LogP contribution in [0.4, 0.5) is 5.69 Å². The average Bonchev–Trinajstić information content (AvgIpc) is 2.71. The second kappa shape index (κ2) is 9.30. The summed E-state index contributed by atoms with van der Waals surface area (Å²) in [6, 6.07) is 12.3. The summed E-state index contributed by atoms with van der Waals surface area (Å²) in [6.45, 7) is 10.8. The third-order valence-corrected chi connectivity index (χ3v) is 5.56. The largest absolute Gasteiger partial charge is 0.495 e. The van der Waals surface area contributed by atoms with E-state index in [2.05, 4.69) is 41.8 Å². The zero-order valence-corrected chi connectivity index (χ0v) is 17.4. The Kier molecular flexibility index (Phi) is 6.81. The molecule has 1 aliphatic rings. The maximum Gasteiger partial charge on any atom is 0.142 e. The first-order valence-electron chi connectivity index (χ1n) is 9.97. The molecule has 1 fully saturated rings. The van der Waals surface area contributed by atoms with Crippen LogP contribution >= 0.6 is 0 Å². The number of hydrogen-bond donors (Lipinski definition) is 1. The topological polar surface area (TPSA) is 45.2 Å². The molecule has 1 atom stereocenters. The lowest BCUT2D eigenvalue weighted by Crippen LogP contribution is -2.49. The molecule has 1 saturated heterocycles. The Balaban J connectivity index is 1.49. The van der Waals surface area contributed by atoms with E-state index >= 15 is 0 Å². The van der Waals surface area contributed by atoms with E-state index in [-0.39, 0.29) is 0 Å². The minimum Gasteiger partial charge on any atom is -0.495 e. The van der Waals surface area contributed by atoms with Crippen molar-refractivity contribution in [1.82, 2.24) is 4.90 Å². The lowest BCUT2D eigenvalue weighted by Gasteiger charge is -2.37. The number of aliphatic hydroxyl groups excluding tert-OH is 1. The van der Waals surface area contributed by atoms with Gasteiger partial charge in [0.15, 0.2) is 0 Å². The molecule has 2 aromatic rings. The predicted molar refractivity (Wildman–Crippen MR) is 114 cm³/mol. The molecule has 5 nitrogen and oxygen atoms in total. The Hall–Kier alpha value is -2.24. The van der Waals surface area contributed by atoms with Gasteiger partial charge < -0.3 is 19.5 Å². The Bertz CT molecular complexity index is 785. The number of para-hydroxylation sites is 2. The van der Waals surface area contributed by atoms with Gasteiger partial charge in [-0.05, 0) is 49.6 Å². The van der Waals surface area contributed by atoms with Crippen LogP contribution in [0.5, 0.6) is 11.5 Å². The van der Waals surface area contributed by atoms with E-state index in [1.165, 1.54) is 5.56 Å². The molecule has 1 aliphatic heterocycles. The number of aliphatic hydroxyl groups is 1. The molecule has 28 heavy (non-hydrogen) atoms. The summed E-state index contributed by atoms with van der Waals surface area (Å²) in [5.74, 6) is 1.81. The van der Waals surface area contributed by atoms with E-state index in [0.29, 0.717) is 13.2 Å². The summed E-state index contributed by atoms with van der Waals surface area (Å²) >= 11 is 0. The monoisotopic (exact) mass is 384 g/mol. The van der Waals surface area contributed by atoms with Crippen molar-refractivity contribution in [1.29, 1.82) is 0 Å². The molecule has 0 bridgehead atoms. The number of piperazine rings is 1. The van der Waals surface area contributed by atoms with Crippen LogP contribution in [0.2, 0.25) is 0 Å². The fraction of sp³-hybridized carbons (Fsp3) is 0.478. The average molecular weight is 385 g/mol. The molecule has 5 heteroatoms. The first-order chi connectivity index (χ1) is 13.5. The number of β-amino-alcohol motifs (C(OH)–C–C–N with tert-alkyl or cyclic N) is 1. The van der Waals surface area contributed by atoms with Crippen molar-refractivity contribution in [2.45, 2.75) is 26.9 Å². The number of nitrogens with zero attached hydrogens (tertiary/aromatic N) is 2. The standard InChI is InChI=1S/C23H32N2O3/c1-17-9-10-18(2)23(19(17)3)28-16-20(26)15-24-11-13-25(14-12-24)21-7-5-6-8-22(21)27-4/h5-10,20,26H,11-16H2,1-4H3. The predicted octanol–water partition coefficient (Wildman–Crippen LogP) is 3.18. The van der Waals surface area contributed by atoms with Crippen LogP contribution in [-0.2, 0) is 0 Å². The SMILES string of the molecule is COc1ccccc1N1CCN(CC(O)COc2c(C)ccc(C)c2C)CC1. The molecular weight excluding hydrogens is 352 g/mol. The molecule has 0 spiro atoms. The summed E-state index contributed by atoms with van der Waals surface area (Å²) in [6.07, 6.45) is -0.503. The third-order valence-electron chi connectivity index (χ3n) is 5.56. The van der Waals surface area contributed by atoms with Gasteiger partial charge in [0.25, 0.3) is 0 Å². The fourth-order valence-electron chi connectivity index (χ4n) is 3.74. The molecular formula is C23H32N2O3. The quantitative estimate of drug-likeness (QED) is 0.794. The molecule has 2 aromatic carbocycles. The Morgan fingerprint density at radius 1 is 0.964 bits per heavy atom. The molecule has 1 N–H and O–H groups in total. The van der Waals surface area contributed by atoms with Crippen molar-refractivity contribution in [3.05, 3.63) is 53.1 Å². The smallest absolute Gasteiger partial charge is 0.142 e. The van der Waals surface area contributed by atoms with Crippen LogP contribution in [0, 0.1) is 20.8 Å². The normalized spacial score (nSPS) is 16.1. The maximum absolute atomic E-state index is 10.5. The van der Waals surface area contributed by atoms with E-state index in [1.807, 2.05) is 25.1 Å². The Labute approximate surface area is 168 Å². The number of benzene rings is 2. The molecule has 0 saturated carbocycles. The Morgan fingerprint density at radius 2 is 1.64 bits per heavy atom. The van der Waals surface area contributed by atoms with Crippen LogP contribution in [-0.4, -0.2) is 62.6 Å². The van der Waals surface area contributed by atoms with Gasteiger partial charge in [0.1, 0.15) is 24.2 Å². The second-order valence-corrected chi connectivity index (χ2v) is 7.58. The summed E-state index contributed by atoms with van der Waals surface area (Å²) in [5.41, 5.74) is 4.61. The first kappa shape index (κ1) is 20.5. The number of methoxy groups -OCH3 is 1. The van der Waals surface area contributed by atoms with E-state index in [9.17, 15) is 5.11 Å². The summed E-state index contributed by atoms with van der Waals surface area (Å²) in [4.78, 5) is 4.65. The molecule has 1 heterocycles. The lowest BCUT2D eigenvalue weighted by molar-refractivity contribution is 0.0658. The Morgan fingerprint density at radius 3 is 2.36 bits per heavy atom. The van der Waals surface area contributed by atoms with Crippen LogP contribution in [0.15, 0.2) is 36.4 Å². The molecule has 152 valence electrons. The highest BCUT2D eigenvalue weighted by molar-refractivity contribution is 5.58. The van der Waals surface area contributed by atoms with Gasteiger partial charge in [-0.1, -0.05) is 24.3 Å². The molecule has 0 amide bonds. The van der Waals surface area contributed by atoms with E-state index in [4.69, 9.17) is 9.47 Å². The van der Waals surface area contributed by atoms with Gasteiger partial charge >= 0.3 is 0 Å². The van der Waals surface area contributed by atoms with Crippen molar-refractivity contribution < 1.29 is 14.6 Å². The van der Waals surface area contributed by atoms with Gasteiger partial charge in [-0.3, -0.25) is 4.90 Å². The summed E-state index contributed by atoms with van der Waals surface area (Å²) in [5, 5.41) is 10.5. The van der Waals surface area contributed by atoms with Gasteiger partial charge in [0, 0.05) is 32.7 Å². The highest BCUT2D eigenvalue weighted by Crippen LogP contribution is 2.28. The molecule has 1 unspecified atom stereocenters. The van der Waals surface area contributed by atoms with Gasteiger partial charge in [-0.25, -0.2) is 0 Å². The van der Waals surface area contributed by atoms with Crippen LogP contribution in [0.1, 0.15) is 16.7 Å². The number of rotatable bonds is 7. The first-order valence-corrected chi connectivity index (χ1v) is 9.97. The number of aryl methyl sites for hydroxylation is 2. The highest BCUT2D eigenvalue weighted by Gasteiger charge is 2.21. The van der Waals surface area contributed by atoms with Crippen LogP contribution in [0.25, 0.3) is 0 Å². The van der Waals surface area contributed by atoms with Crippen LogP contribution < -0.4 is 14.4 Å². The van der Waals surface area contributed by atoms with Gasteiger partial charge in [-0.2, -0.15) is 0 Å². The number of hydrogen-bond acceptors (Lipinski definition) is 5. The minimum absolute atomic E-state index is 0.317. The van der Waals surface area contributed by atoms with Gasteiger partial charge in [-0.15, -0.1) is 0 Å². The lowest BCUT2D eigenvalue weighted by atomic mass is 10.1. The van der Waals surface area contributed by atoms with Crippen molar-refractivity contribution >= 4 is 5.69 Å². The highest BCUT2D eigenvalue weighted by atomic mass is 16.5. The van der Waals surface area contributed by atoms with Crippen molar-refractivity contribution in [3.63, 3.8) is 0 Å².